The maximum absolute atomic E-state index is 4.34. The molecule has 5 heteroatoms. The quantitative estimate of drug-likeness (QED) is 0.756. The van der Waals surface area contributed by atoms with Gasteiger partial charge >= 0.3 is 0 Å². The first-order valence-electron chi connectivity index (χ1n) is 5.86. The number of H-pyrrole nitrogens is 1. The molecule has 0 fully saturated rings. The molecule has 0 bridgehead atoms. The second kappa shape index (κ2) is 4.88. The minimum atomic E-state index is 0.794. The Hall–Kier alpha value is -1.72. The van der Waals surface area contributed by atoms with Crippen LogP contribution in [0.25, 0.3) is 11.2 Å². The van der Waals surface area contributed by atoms with E-state index >= 15 is 0 Å². The molecule has 0 radical (unpaired) electrons. The number of imidazole rings is 1. The zero-order valence-electron chi connectivity index (χ0n) is 10.1. The van der Waals surface area contributed by atoms with E-state index in [1.165, 1.54) is 10.4 Å². The van der Waals surface area contributed by atoms with Gasteiger partial charge in [-0.05, 0) is 30.0 Å². The molecule has 92 valence electrons. The van der Waals surface area contributed by atoms with Crippen LogP contribution in [0, 0.1) is 6.92 Å². The third-order valence-electron chi connectivity index (χ3n) is 2.79. The van der Waals surface area contributed by atoms with E-state index in [2.05, 4.69) is 37.8 Å². The van der Waals surface area contributed by atoms with Gasteiger partial charge in [-0.25, -0.2) is 9.97 Å². The third-order valence-corrected chi connectivity index (χ3v) is 3.67. The first-order valence-corrected chi connectivity index (χ1v) is 6.74. The molecule has 0 aliphatic rings. The number of aromatic nitrogens is 3. The number of hydrogen-bond donors (Lipinski definition) is 2. The fourth-order valence-electron chi connectivity index (χ4n) is 1.96. The van der Waals surface area contributed by atoms with Crippen LogP contribution in [0.15, 0.2) is 29.8 Å². The summed E-state index contributed by atoms with van der Waals surface area (Å²) in [7, 11) is 0. The normalized spacial score (nSPS) is 11.2. The highest BCUT2D eigenvalue weighted by molar-refractivity contribution is 7.09. The highest BCUT2D eigenvalue weighted by atomic mass is 32.1. The van der Waals surface area contributed by atoms with Gasteiger partial charge in [0.2, 0.25) is 0 Å². The minimum absolute atomic E-state index is 0.794. The fourth-order valence-corrected chi connectivity index (χ4v) is 2.63. The molecule has 18 heavy (non-hydrogen) atoms. The van der Waals surface area contributed by atoms with Crippen LogP contribution >= 0.6 is 11.3 Å². The lowest BCUT2D eigenvalue weighted by atomic mass is 10.2. The number of fused-ring (bicyclic) bond motifs is 1. The molecule has 0 unspecified atom stereocenters. The molecule has 0 amide bonds. The monoisotopic (exact) mass is 258 g/mol. The van der Waals surface area contributed by atoms with Gasteiger partial charge in [-0.2, -0.15) is 0 Å². The fraction of sp³-hybridized carbons (Fsp3) is 0.231. The molecule has 0 aliphatic heterocycles. The van der Waals surface area contributed by atoms with Crippen molar-refractivity contribution in [3.8, 4) is 0 Å². The molecule has 3 aromatic heterocycles. The summed E-state index contributed by atoms with van der Waals surface area (Å²) in [5.41, 5.74) is 3.04. The maximum atomic E-state index is 4.34. The number of aromatic amines is 1. The Labute approximate surface area is 109 Å². The standard InChI is InChI=1S/C13H14N4S/c1-9-16-12-10(4-5-15-13(12)17-9)7-14-8-11-3-2-6-18-11/h2-6,14H,7-8H2,1H3,(H,15,16,17). The average Bonchev–Trinajstić information content (AvgIpc) is 2.97. The van der Waals surface area contributed by atoms with Gasteiger partial charge in [0.05, 0.1) is 5.52 Å². The van der Waals surface area contributed by atoms with Gasteiger partial charge in [-0.1, -0.05) is 6.07 Å². The topological polar surface area (TPSA) is 53.6 Å². The van der Waals surface area contributed by atoms with Crippen molar-refractivity contribution < 1.29 is 0 Å². The van der Waals surface area contributed by atoms with Crippen LogP contribution in [-0.2, 0) is 13.1 Å². The van der Waals surface area contributed by atoms with E-state index in [1.807, 2.05) is 19.2 Å². The Morgan fingerprint density at radius 2 is 2.28 bits per heavy atom. The number of nitrogens with one attached hydrogen (secondary N) is 2. The summed E-state index contributed by atoms with van der Waals surface area (Å²) in [6.07, 6.45) is 1.81. The smallest absolute Gasteiger partial charge is 0.177 e. The largest absolute Gasteiger partial charge is 0.341 e. The maximum Gasteiger partial charge on any atom is 0.177 e. The second-order valence-electron chi connectivity index (χ2n) is 4.17. The van der Waals surface area contributed by atoms with E-state index in [9.17, 15) is 0 Å². The van der Waals surface area contributed by atoms with E-state index in [4.69, 9.17) is 0 Å². The van der Waals surface area contributed by atoms with Crippen LogP contribution in [0.4, 0.5) is 0 Å². The minimum Gasteiger partial charge on any atom is -0.341 e. The number of pyridine rings is 1. The second-order valence-corrected chi connectivity index (χ2v) is 5.21. The van der Waals surface area contributed by atoms with Gasteiger partial charge in [-0.15, -0.1) is 11.3 Å². The Bertz CT molecular complexity index is 642. The third kappa shape index (κ3) is 2.27. The van der Waals surface area contributed by atoms with Gasteiger partial charge in [0.1, 0.15) is 5.82 Å². The molecule has 4 nitrogen and oxygen atoms in total. The van der Waals surface area contributed by atoms with Gasteiger partial charge in [0.25, 0.3) is 0 Å². The van der Waals surface area contributed by atoms with Gasteiger partial charge in [-0.3, -0.25) is 0 Å². The van der Waals surface area contributed by atoms with Crippen molar-refractivity contribution >= 4 is 22.5 Å². The molecule has 0 saturated heterocycles. The number of aryl methyl sites for hydroxylation is 1. The summed E-state index contributed by atoms with van der Waals surface area (Å²) < 4.78 is 0. The van der Waals surface area contributed by atoms with Crippen LogP contribution < -0.4 is 5.32 Å². The highest BCUT2D eigenvalue weighted by Gasteiger charge is 2.05. The first kappa shape index (κ1) is 11.4. The summed E-state index contributed by atoms with van der Waals surface area (Å²) in [5, 5.41) is 5.54. The van der Waals surface area contributed by atoms with Crippen LogP contribution in [0.2, 0.25) is 0 Å². The summed E-state index contributed by atoms with van der Waals surface area (Å²) in [4.78, 5) is 13.2. The molecule has 0 atom stereocenters. The zero-order valence-corrected chi connectivity index (χ0v) is 10.9. The van der Waals surface area contributed by atoms with E-state index in [1.54, 1.807) is 11.3 Å². The number of nitrogens with zero attached hydrogens (tertiary/aromatic N) is 2. The van der Waals surface area contributed by atoms with Crippen LogP contribution in [0.5, 0.6) is 0 Å². The lowest BCUT2D eigenvalue weighted by Gasteiger charge is -2.04. The summed E-state index contributed by atoms with van der Waals surface area (Å²) in [6.45, 7) is 3.66. The number of rotatable bonds is 4. The Morgan fingerprint density at radius 1 is 1.33 bits per heavy atom. The Balaban J connectivity index is 1.74. The number of thiophene rings is 1. The molecule has 3 rings (SSSR count). The summed E-state index contributed by atoms with van der Waals surface area (Å²) in [5.74, 6) is 0.906. The van der Waals surface area contributed by atoms with Crippen molar-refractivity contribution in [3.05, 3.63) is 46.0 Å². The van der Waals surface area contributed by atoms with Crippen molar-refractivity contribution in [2.75, 3.05) is 0 Å². The van der Waals surface area contributed by atoms with Gasteiger partial charge < -0.3 is 10.3 Å². The van der Waals surface area contributed by atoms with Crippen LogP contribution in [0.1, 0.15) is 16.3 Å². The van der Waals surface area contributed by atoms with Crippen LogP contribution in [0.3, 0.4) is 0 Å². The molecule has 3 aromatic rings. The average molecular weight is 258 g/mol. The highest BCUT2D eigenvalue weighted by Crippen LogP contribution is 2.14. The molecule has 0 aliphatic carbocycles. The van der Waals surface area contributed by atoms with Gasteiger partial charge in [0.15, 0.2) is 5.65 Å². The molecule has 0 spiro atoms. The van der Waals surface area contributed by atoms with Crippen LogP contribution in [-0.4, -0.2) is 15.0 Å². The van der Waals surface area contributed by atoms with E-state index in [0.717, 1.165) is 30.1 Å². The molecule has 3 heterocycles. The zero-order chi connectivity index (χ0) is 12.4. The predicted octanol–water partition coefficient (Wildman–Crippen LogP) is 2.62. The lowest BCUT2D eigenvalue weighted by molar-refractivity contribution is 0.703. The van der Waals surface area contributed by atoms with E-state index in [0.29, 0.717) is 0 Å². The molecular formula is C13H14N4S. The lowest BCUT2D eigenvalue weighted by Crippen LogP contribution is -2.12. The number of hydrogen-bond acceptors (Lipinski definition) is 4. The van der Waals surface area contributed by atoms with Crippen molar-refractivity contribution in [3.63, 3.8) is 0 Å². The van der Waals surface area contributed by atoms with Crippen molar-refractivity contribution in [2.24, 2.45) is 0 Å². The first-order chi connectivity index (χ1) is 8.83. The Morgan fingerprint density at radius 3 is 3.11 bits per heavy atom. The molecule has 0 saturated carbocycles. The molecule has 2 N–H and O–H groups in total. The van der Waals surface area contributed by atoms with Crippen molar-refractivity contribution in [1.29, 1.82) is 0 Å². The molecular weight excluding hydrogens is 244 g/mol. The summed E-state index contributed by atoms with van der Waals surface area (Å²) >= 11 is 1.77. The SMILES string of the molecule is Cc1nc2nccc(CNCc3cccs3)c2[nH]1. The Kier molecular flexibility index (Phi) is 3.08. The van der Waals surface area contributed by atoms with Crippen molar-refractivity contribution in [2.45, 2.75) is 20.0 Å². The van der Waals surface area contributed by atoms with Crippen molar-refractivity contribution in [1.82, 2.24) is 20.3 Å². The summed E-state index contributed by atoms with van der Waals surface area (Å²) in [6, 6.07) is 6.24. The van der Waals surface area contributed by atoms with Gasteiger partial charge in [0, 0.05) is 24.2 Å². The van der Waals surface area contributed by atoms with E-state index < -0.39 is 0 Å². The van der Waals surface area contributed by atoms with E-state index in [-0.39, 0.29) is 0 Å². The molecule has 0 aromatic carbocycles. The predicted molar refractivity (Wildman–Crippen MR) is 73.5 cm³/mol.